The van der Waals surface area contributed by atoms with Crippen molar-refractivity contribution >= 4 is 5.97 Å². The Balaban J connectivity index is 2.48. The van der Waals surface area contributed by atoms with Gasteiger partial charge in [0.1, 0.15) is 5.60 Å². The van der Waals surface area contributed by atoms with Gasteiger partial charge in [-0.3, -0.25) is 4.79 Å². The van der Waals surface area contributed by atoms with E-state index in [4.69, 9.17) is 10.3 Å². The van der Waals surface area contributed by atoms with Crippen LogP contribution in [0, 0.1) is 0 Å². The van der Waals surface area contributed by atoms with Crippen molar-refractivity contribution in [1.82, 2.24) is 0 Å². The SMILES string of the molecule is CC(=O)O[C@]1(c2ccccc2)CCCC[C@H]1N=[N+]=[N-]. The fourth-order valence-electron chi connectivity index (χ4n) is 2.83. The van der Waals surface area contributed by atoms with Gasteiger partial charge in [0.05, 0.1) is 6.04 Å². The number of carbonyl (C=O) groups excluding carboxylic acids is 1. The Morgan fingerprint density at radius 3 is 2.79 bits per heavy atom. The number of hydrogen-bond acceptors (Lipinski definition) is 3. The van der Waals surface area contributed by atoms with E-state index in [1.807, 2.05) is 30.3 Å². The van der Waals surface area contributed by atoms with Gasteiger partial charge >= 0.3 is 5.97 Å². The average molecular weight is 259 g/mol. The number of carbonyl (C=O) groups is 1. The van der Waals surface area contributed by atoms with Gasteiger partial charge in [0.2, 0.25) is 0 Å². The summed E-state index contributed by atoms with van der Waals surface area (Å²) in [6, 6.07) is 9.24. The van der Waals surface area contributed by atoms with Crippen molar-refractivity contribution in [2.45, 2.75) is 44.2 Å². The normalized spacial score (nSPS) is 26.3. The number of azide groups is 1. The lowest BCUT2D eigenvalue weighted by atomic mass is 9.76. The number of hydrogen-bond donors (Lipinski definition) is 0. The molecule has 0 radical (unpaired) electrons. The number of rotatable bonds is 3. The molecule has 1 aromatic carbocycles. The van der Waals surface area contributed by atoms with Crippen LogP contribution >= 0.6 is 0 Å². The molecule has 0 unspecified atom stereocenters. The smallest absolute Gasteiger partial charge is 0.303 e. The molecule has 1 aliphatic rings. The summed E-state index contributed by atoms with van der Waals surface area (Å²) in [5.74, 6) is -0.344. The number of esters is 1. The monoisotopic (exact) mass is 259 g/mol. The fraction of sp³-hybridized carbons (Fsp3) is 0.500. The van der Waals surface area contributed by atoms with Crippen LogP contribution < -0.4 is 0 Å². The van der Waals surface area contributed by atoms with Crippen LogP contribution in [0.15, 0.2) is 35.4 Å². The van der Waals surface area contributed by atoms with Gasteiger partial charge in [0, 0.05) is 11.8 Å². The van der Waals surface area contributed by atoms with Crippen molar-refractivity contribution in [3.05, 3.63) is 46.3 Å². The summed E-state index contributed by atoms with van der Waals surface area (Å²) in [7, 11) is 0. The molecule has 5 heteroatoms. The fourth-order valence-corrected chi connectivity index (χ4v) is 2.83. The summed E-state index contributed by atoms with van der Waals surface area (Å²) in [4.78, 5) is 14.4. The van der Waals surface area contributed by atoms with Crippen LogP contribution in [-0.4, -0.2) is 12.0 Å². The van der Waals surface area contributed by atoms with Crippen molar-refractivity contribution in [1.29, 1.82) is 0 Å². The molecule has 0 amide bonds. The summed E-state index contributed by atoms with van der Waals surface area (Å²) >= 11 is 0. The molecule has 0 bridgehead atoms. The third-order valence-electron chi connectivity index (χ3n) is 3.59. The first-order valence-electron chi connectivity index (χ1n) is 6.48. The second-order valence-electron chi connectivity index (χ2n) is 4.82. The van der Waals surface area contributed by atoms with Crippen LogP contribution in [0.4, 0.5) is 0 Å². The Morgan fingerprint density at radius 2 is 2.16 bits per heavy atom. The van der Waals surface area contributed by atoms with Crippen molar-refractivity contribution in [2.24, 2.45) is 5.11 Å². The molecule has 0 N–H and O–H groups in total. The first-order valence-corrected chi connectivity index (χ1v) is 6.48. The van der Waals surface area contributed by atoms with Crippen molar-refractivity contribution in [2.75, 3.05) is 0 Å². The highest BCUT2D eigenvalue weighted by Crippen LogP contribution is 2.42. The van der Waals surface area contributed by atoms with Crippen LogP contribution in [0.5, 0.6) is 0 Å². The molecule has 0 aliphatic heterocycles. The summed E-state index contributed by atoms with van der Waals surface area (Å²) in [6.07, 6.45) is 3.38. The minimum absolute atomic E-state index is 0.336. The lowest BCUT2D eigenvalue weighted by molar-refractivity contribution is -0.164. The average Bonchev–Trinajstić information content (AvgIpc) is 2.42. The predicted molar refractivity (Wildman–Crippen MR) is 71.3 cm³/mol. The summed E-state index contributed by atoms with van der Waals surface area (Å²) in [6.45, 7) is 1.40. The third-order valence-corrected chi connectivity index (χ3v) is 3.59. The summed E-state index contributed by atoms with van der Waals surface area (Å²) in [5.41, 5.74) is 8.85. The highest BCUT2D eigenvalue weighted by atomic mass is 16.6. The predicted octanol–water partition coefficient (Wildman–Crippen LogP) is 3.70. The molecular weight excluding hydrogens is 242 g/mol. The zero-order valence-electron chi connectivity index (χ0n) is 11.0. The zero-order chi connectivity index (χ0) is 13.7. The molecule has 2 rings (SSSR count). The molecule has 2 atom stereocenters. The van der Waals surface area contributed by atoms with E-state index in [0.29, 0.717) is 6.42 Å². The van der Waals surface area contributed by atoms with Crippen molar-refractivity contribution in [3.63, 3.8) is 0 Å². The van der Waals surface area contributed by atoms with Gasteiger partial charge in [0.25, 0.3) is 0 Å². The van der Waals surface area contributed by atoms with Crippen LogP contribution in [0.3, 0.4) is 0 Å². The number of benzene rings is 1. The molecule has 1 aliphatic carbocycles. The van der Waals surface area contributed by atoms with E-state index in [0.717, 1.165) is 24.8 Å². The quantitative estimate of drug-likeness (QED) is 0.359. The Morgan fingerprint density at radius 1 is 1.42 bits per heavy atom. The molecule has 0 heterocycles. The molecule has 5 nitrogen and oxygen atoms in total. The van der Waals surface area contributed by atoms with E-state index >= 15 is 0 Å². The summed E-state index contributed by atoms with van der Waals surface area (Å²) in [5, 5.41) is 3.87. The maximum Gasteiger partial charge on any atom is 0.303 e. The van der Waals surface area contributed by atoms with E-state index in [2.05, 4.69) is 10.0 Å². The molecule has 100 valence electrons. The van der Waals surface area contributed by atoms with E-state index in [9.17, 15) is 4.79 Å². The third kappa shape index (κ3) is 2.71. The first kappa shape index (κ1) is 13.4. The maximum absolute atomic E-state index is 11.5. The van der Waals surface area contributed by atoms with Gasteiger partial charge in [-0.2, -0.15) is 0 Å². The Labute approximate surface area is 112 Å². The molecule has 1 saturated carbocycles. The summed E-state index contributed by atoms with van der Waals surface area (Å²) < 4.78 is 5.63. The number of nitrogens with zero attached hydrogens (tertiary/aromatic N) is 3. The topological polar surface area (TPSA) is 75.1 Å². The van der Waals surface area contributed by atoms with Gasteiger partial charge < -0.3 is 4.74 Å². The van der Waals surface area contributed by atoms with Gasteiger partial charge in [-0.25, -0.2) is 0 Å². The molecule has 0 spiro atoms. The van der Waals surface area contributed by atoms with Gasteiger partial charge in [-0.1, -0.05) is 41.9 Å². The lowest BCUT2D eigenvalue weighted by Gasteiger charge is -2.41. The van der Waals surface area contributed by atoms with Crippen LogP contribution in [0.2, 0.25) is 0 Å². The van der Waals surface area contributed by atoms with E-state index in [-0.39, 0.29) is 12.0 Å². The molecule has 0 saturated heterocycles. The largest absolute Gasteiger partial charge is 0.454 e. The number of ether oxygens (including phenoxy) is 1. The highest BCUT2D eigenvalue weighted by molar-refractivity contribution is 5.67. The van der Waals surface area contributed by atoms with Crippen molar-refractivity contribution < 1.29 is 9.53 Å². The molecule has 1 fully saturated rings. The maximum atomic E-state index is 11.5. The second-order valence-corrected chi connectivity index (χ2v) is 4.82. The van der Waals surface area contributed by atoms with Gasteiger partial charge in [-0.05, 0) is 30.4 Å². The van der Waals surface area contributed by atoms with E-state index in [1.54, 1.807) is 0 Å². The highest BCUT2D eigenvalue weighted by Gasteiger charge is 2.44. The van der Waals surface area contributed by atoms with E-state index in [1.165, 1.54) is 6.92 Å². The minimum Gasteiger partial charge on any atom is -0.454 e. The minimum atomic E-state index is -0.808. The Hall–Kier alpha value is -2.00. The second kappa shape index (κ2) is 5.76. The molecule has 19 heavy (non-hydrogen) atoms. The zero-order valence-corrected chi connectivity index (χ0v) is 11.0. The lowest BCUT2D eigenvalue weighted by Crippen LogP contribution is -2.44. The van der Waals surface area contributed by atoms with Gasteiger partial charge in [-0.15, -0.1) is 0 Å². The molecule has 0 aromatic heterocycles. The van der Waals surface area contributed by atoms with Crippen molar-refractivity contribution in [3.8, 4) is 0 Å². The molecular formula is C14H17N3O2. The van der Waals surface area contributed by atoms with Crippen LogP contribution in [0.25, 0.3) is 10.4 Å². The first-order chi connectivity index (χ1) is 9.19. The standard InChI is InChI=1S/C14H17N3O2/c1-11(18)19-14(12-7-3-2-4-8-12)10-6-5-9-13(14)16-17-15/h2-4,7-8,13H,5-6,9-10H2,1H3/t13-,14+/m1/s1. The Bertz CT molecular complexity index is 497. The van der Waals surface area contributed by atoms with E-state index < -0.39 is 5.60 Å². The van der Waals surface area contributed by atoms with Crippen LogP contribution in [-0.2, 0) is 15.1 Å². The molecule has 1 aromatic rings. The Kier molecular flexibility index (Phi) is 4.07. The van der Waals surface area contributed by atoms with Crippen LogP contribution in [0.1, 0.15) is 38.2 Å². The van der Waals surface area contributed by atoms with Gasteiger partial charge in [0.15, 0.2) is 0 Å².